The molecule has 2 aromatic carbocycles. The Labute approximate surface area is 203 Å². The van der Waals surface area contributed by atoms with E-state index in [0.29, 0.717) is 30.3 Å². The van der Waals surface area contributed by atoms with Crippen LogP contribution in [0.1, 0.15) is 36.6 Å². The fraction of sp³-hybridized carbons (Fsp3) is 0.222. The van der Waals surface area contributed by atoms with E-state index in [1.807, 2.05) is 6.92 Å². The molecule has 1 aliphatic rings. The molecule has 8 nitrogen and oxygen atoms in total. The number of nitrogens with zero attached hydrogens (tertiary/aromatic N) is 2. The van der Waals surface area contributed by atoms with Crippen molar-refractivity contribution in [3.63, 3.8) is 0 Å². The summed E-state index contributed by atoms with van der Waals surface area (Å²) in [5.41, 5.74) is 1.38. The topological polar surface area (TPSA) is 109 Å². The maximum Gasteiger partial charge on any atom is 0.295 e. The first-order valence-electron chi connectivity index (χ1n) is 11.3. The zero-order valence-electron chi connectivity index (χ0n) is 19.5. The molecule has 1 aromatic heterocycles. The van der Waals surface area contributed by atoms with Gasteiger partial charge < -0.3 is 24.6 Å². The number of hydrogen-bond acceptors (Lipinski definition) is 7. The van der Waals surface area contributed by atoms with E-state index >= 15 is 0 Å². The lowest BCUT2D eigenvalue weighted by Crippen LogP contribution is -2.29. The van der Waals surface area contributed by atoms with Crippen molar-refractivity contribution in [3.8, 4) is 17.2 Å². The first-order chi connectivity index (χ1) is 16.9. The smallest absolute Gasteiger partial charge is 0.295 e. The van der Waals surface area contributed by atoms with E-state index in [-0.39, 0.29) is 29.2 Å². The normalized spacial score (nSPS) is 17.0. The van der Waals surface area contributed by atoms with E-state index in [2.05, 4.69) is 4.98 Å². The first kappa shape index (κ1) is 23.8. The summed E-state index contributed by atoms with van der Waals surface area (Å²) in [5, 5.41) is 21.5. The van der Waals surface area contributed by atoms with Crippen LogP contribution in [0.5, 0.6) is 17.2 Å². The highest BCUT2D eigenvalue weighted by Gasteiger charge is 2.46. The number of aromatic hydroxyl groups is 1. The largest absolute Gasteiger partial charge is 0.508 e. The van der Waals surface area contributed by atoms with E-state index < -0.39 is 17.7 Å². The van der Waals surface area contributed by atoms with E-state index in [4.69, 9.17) is 9.47 Å². The third kappa shape index (κ3) is 4.82. The van der Waals surface area contributed by atoms with E-state index in [9.17, 15) is 19.8 Å². The van der Waals surface area contributed by atoms with Crippen LogP contribution in [0.2, 0.25) is 0 Å². The number of aliphatic hydroxyl groups is 1. The number of carbonyl (C=O) groups excluding carboxylic acids is 2. The lowest BCUT2D eigenvalue weighted by Gasteiger charge is -2.25. The van der Waals surface area contributed by atoms with Gasteiger partial charge >= 0.3 is 0 Å². The number of ether oxygens (including phenoxy) is 2. The molecule has 0 aliphatic carbocycles. The van der Waals surface area contributed by atoms with Crippen molar-refractivity contribution in [2.24, 2.45) is 0 Å². The summed E-state index contributed by atoms with van der Waals surface area (Å²) in [6, 6.07) is 13.8. The van der Waals surface area contributed by atoms with Crippen LogP contribution in [0, 0.1) is 0 Å². The second-order valence-electron chi connectivity index (χ2n) is 7.91. The Hall–Kier alpha value is -4.33. The van der Waals surface area contributed by atoms with Gasteiger partial charge in [0.05, 0.1) is 30.4 Å². The Morgan fingerprint density at radius 2 is 1.83 bits per heavy atom. The molecule has 8 heteroatoms. The van der Waals surface area contributed by atoms with Crippen molar-refractivity contribution in [2.45, 2.75) is 26.4 Å². The van der Waals surface area contributed by atoms with Gasteiger partial charge in [0.1, 0.15) is 23.0 Å². The first-order valence-corrected chi connectivity index (χ1v) is 11.3. The Morgan fingerprint density at radius 1 is 1.03 bits per heavy atom. The molecule has 2 heterocycles. The van der Waals surface area contributed by atoms with Crippen LogP contribution in [0.15, 0.2) is 72.6 Å². The fourth-order valence-electron chi connectivity index (χ4n) is 4.15. The number of aliphatic hydroxyl groups excluding tert-OH is 1. The van der Waals surface area contributed by atoms with E-state index in [0.717, 1.165) is 5.56 Å². The number of phenols is 1. The van der Waals surface area contributed by atoms with Crippen molar-refractivity contribution in [1.29, 1.82) is 0 Å². The van der Waals surface area contributed by atoms with Crippen LogP contribution in [0.25, 0.3) is 5.76 Å². The Morgan fingerprint density at radius 3 is 2.51 bits per heavy atom. The van der Waals surface area contributed by atoms with Crippen molar-refractivity contribution in [3.05, 3.63) is 89.3 Å². The van der Waals surface area contributed by atoms with Crippen LogP contribution >= 0.6 is 0 Å². The summed E-state index contributed by atoms with van der Waals surface area (Å²) >= 11 is 0. The van der Waals surface area contributed by atoms with Gasteiger partial charge in [0.25, 0.3) is 11.7 Å². The number of benzene rings is 2. The molecule has 3 aromatic rings. The SMILES string of the molecule is CCOc1ccc(/C(O)=C2/C(=O)C(=O)N(Cc3cccnc3)C2c2cccc(O)c2)c(OCC)c1. The lowest BCUT2D eigenvalue weighted by atomic mass is 9.94. The molecule has 2 N–H and O–H groups in total. The molecule has 0 spiro atoms. The number of phenolic OH excluding ortho intramolecular Hbond substituents is 1. The summed E-state index contributed by atoms with van der Waals surface area (Å²) in [4.78, 5) is 31.9. The molecule has 0 saturated carbocycles. The van der Waals surface area contributed by atoms with Gasteiger partial charge in [-0.2, -0.15) is 0 Å². The zero-order chi connectivity index (χ0) is 24.9. The quantitative estimate of drug-likeness (QED) is 0.286. The minimum atomic E-state index is -0.927. The minimum Gasteiger partial charge on any atom is -0.508 e. The van der Waals surface area contributed by atoms with Crippen molar-refractivity contribution >= 4 is 17.4 Å². The Kier molecular flexibility index (Phi) is 7.01. The van der Waals surface area contributed by atoms with Gasteiger partial charge in [-0.05, 0) is 55.3 Å². The van der Waals surface area contributed by atoms with Gasteiger partial charge in [-0.1, -0.05) is 18.2 Å². The Bertz CT molecular complexity index is 1270. The number of carbonyl (C=O) groups is 2. The van der Waals surface area contributed by atoms with Crippen molar-refractivity contribution in [1.82, 2.24) is 9.88 Å². The van der Waals surface area contributed by atoms with Crippen molar-refractivity contribution < 1.29 is 29.3 Å². The molecule has 180 valence electrons. The number of Topliss-reactive ketones (excluding diaryl/α,β-unsaturated/α-hetero) is 1. The monoisotopic (exact) mass is 474 g/mol. The van der Waals surface area contributed by atoms with Crippen LogP contribution in [-0.2, 0) is 16.1 Å². The molecule has 35 heavy (non-hydrogen) atoms. The maximum absolute atomic E-state index is 13.3. The predicted molar refractivity (Wildman–Crippen MR) is 129 cm³/mol. The molecule has 1 amide bonds. The average Bonchev–Trinajstić information content (AvgIpc) is 3.10. The minimum absolute atomic E-state index is 0.0226. The number of rotatable bonds is 8. The van der Waals surface area contributed by atoms with Gasteiger partial charge in [0.15, 0.2) is 0 Å². The molecular formula is C27H26N2O6. The molecule has 1 atom stereocenters. The van der Waals surface area contributed by atoms with Crippen LogP contribution < -0.4 is 9.47 Å². The van der Waals surface area contributed by atoms with Gasteiger partial charge in [-0.25, -0.2) is 0 Å². The molecular weight excluding hydrogens is 448 g/mol. The summed E-state index contributed by atoms with van der Waals surface area (Å²) in [7, 11) is 0. The summed E-state index contributed by atoms with van der Waals surface area (Å²) in [6.45, 7) is 4.52. The molecule has 0 bridgehead atoms. The molecule has 0 radical (unpaired) electrons. The molecule has 1 unspecified atom stereocenters. The standard InChI is InChI=1S/C27H26N2O6/c1-3-34-20-10-11-21(22(14-20)35-4-2)25(31)23-24(18-8-5-9-19(30)13-18)29(27(33)26(23)32)16-17-7-6-12-28-15-17/h5-15,24,30-31H,3-4,16H2,1-2H3/b25-23-. The van der Waals surface area contributed by atoms with E-state index in [1.165, 1.54) is 17.0 Å². The molecule has 1 aliphatic heterocycles. The predicted octanol–water partition coefficient (Wildman–Crippen LogP) is 4.21. The summed E-state index contributed by atoms with van der Waals surface area (Å²) < 4.78 is 11.3. The average molecular weight is 475 g/mol. The second kappa shape index (κ2) is 10.3. The maximum atomic E-state index is 13.3. The number of likely N-dealkylation sites (tertiary alicyclic amines) is 1. The third-order valence-electron chi connectivity index (χ3n) is 5.62. The van der Waals surface area contributed by atoms with Crippen molar-refractivity contribution in [2.75, 3.05) is 13.2 Å². The number of pyridine rings is 1. The number of aromatic nitrogens is 1. The van der Waals surface area contributed by atoms with Crippen LogP contribution in [0.3, 0.4) is 0 Å². The zero-order valence-corrected chi connectivity index (χ0v) is 19.5. The Balaban J connectivity index is 1.88. The fourth-order valence-corrected chi connectivity index (χ4v) is 4.15. The second-order valence-corrected chi connectivity index (χ2v) is 7.91. The van der Waals surface area contributed by atoms with Gasteiger partial charge in [-0.15, -0.1) is 0 Å². The summed E-state index contributed by atoms with van der Waals surface area (Å²) in [6.07, 6.45) is 3.23. The van der Waals surface area contributed by atoms with E-state index in [1.54, 1.807) is 61.8 Å². The number of amides is 1. The molecule has 4 rings (SSSR count). The highest BCUT2D eigenvalue weighted by atomic mass is 16.5. The molecule has 1 fully saturated rings. The molecule has 1 saturated heterocycles. The highest BCUT2D eigenvalue weighted by molar-refractivity contribution is 6.46. The van der Waals surface area contributed by atoms with Gasteiger partial charge in [0, 0.05) is 25.0 Å². The third-order valence-corrected chi connectivity index (χ3v) is 5.62. The highest BCUT2D eigenvalue weighted by Crippen LogP contribution is 2.42. The summed E-state index contributed by atoms with van der Waals surface area (Å²) in [5.74, 6) is -1.09. The van der Waals surface area contributed by atoms with Crippen LogP contribution in [-0.4, -0.2) is 45.0 Å². The lowest BCUT2D eigenvalue weighted by molar-refractivity contribution is -0.140. The number of hydrogen-bond donors (Lipinski definition) is 2. The van der Waals surface area contributed by atoms with Gasteiger partial charge in [0.2, 0.25) is 0 Å². The van der Waals surface area contributed by atoms with Gasteiger partial charge in [-0.3, -0.25) is 14.6 Å². The number of ketones is 1. The van der Waals surface area contributed by atoms with Crippen LogP contribution in [0.4, 0.5) is 0 Å².